The predicted molar refractivity (Wildman–Crippen MR) is 87.7 cm³/mol. The van der Waals surface area contributed by atoms with Gasteiger partial charge in [0, 0.05) is 12.5 Å². The van der Waals surface area contributed by atoms with E-state index in [2.05, 4.69) is 51.2 Å². The van der Waals surface area contributed by atoms with E-state index >= 15 is 0 Å². The van der Waals surface area contributed by atoms with Crippen LogP contribution in [0.1, 0.15) is 51.0 Å². The van der Waals surface area contributed by atoms with Crippen molar-refractivity contribution in [1.82, 2.24) is 5.32 Å². The summed E-state index contributed by atoms with van der Waals surface area (Å²) in [4.78, 5) is 0. The first kappa shape index (κ1) is 16.1. The number of hydrogen-bond donors (Lipinski definition) is 1. The van der Waals surface area contributed by atoms with Gasteiger partial charge in [-0.1, -0.05) is 18.6 Å². The largest absolute Gasteiger partial charge is 0.459 e. The Balaban J connectivity index is 2.28. The van der Waals surface area contributed by atoms with E-state index in [1.54, 1.807) is 7.11 Å². The molecule has 0 aliphatic rings. The number of aryl methyl sites for hydroxylation is 1. The monoisotopic (exact) mass is 289 g/mol. The second-order valence-electron chi connectivity index (χ2n) is 6.36. The molecule has 1 aromatic heterocycles. The highest BCUT2D eigenvalue weighted by Crippen LogP contribution is 2.30. The van der Waals surface area contributed by atoms with Gasteiger partial charge >= 0.3 is 0 Å². The quantitative estimate of drug-likeness (QED) is 0.809. The summed E-state index contributed by atoms with van der Waals surface area (Å²) < 4.78 is 11.6. The average Bonchev–Trinajstić information content (AvgIpc) is 2.86. The molecule has 0 aliphatic heterocycles. The summed E-state index contributed by atoms with van der Waals surface area (Å²) in [6, 6.07) is 8.63. The van der Waals surface area contributed by atoms with Gasteiger partial charge in [0.25, 0.3) is 0 Å². The molecule has 0 spiro atoms. The lowest BCUT2D eigenvalue weighted by molar-refractivity contribution is 0.00516. The van der Waals surface area contributed by atoms with E-state index in [1.165, 1.54) is 10.9 Å². The highest BCUT2D eigenvalue weighted by molar-refractivity contribution is 5.78. The maximum absolute atomic E-state index is 6.05. The number of nitrogens with one attached hydrogen (secondary N) is 1. The van der Waals surface area contributed by atoms with Gasteiger partial charge < -0.3 is 14.5 Å². The van der Waals surface area contributed by atoms with Gasteiger partial charge in [-0.3, -0.25) is 0 Å². The van der Waals surface area contributed by atoms with Gasteiger partial charge in [-0.15, -0.1) is 0 Å². The van der Waals surface area contributed by atoms with E-state index in [0.29, 0.717) is 0 Å². The van der Waals surface area contributed by atoms with Crippen molar-refractivity contribution in [3.8, 4) is 0 Å². The molecule has 0 fully saturated rings. The summed E-state index contributed by atoms with van der Waals surface area (Å²) >= 11 is 0. The Labute approximate surface area is 127 Å². The molecule has 0 saturated heterocycles. The fourth-order valence-electron chi connectivity index (χ4n) is 2.52. The van der Waals surface area contributed by atoms with E-state index in [9.17, 15) is 0 Å². The highest BCUT2D eigenvalue weighted by Gasteiger charge is 2.26. The van der Waals surface area contributed by atoms with Crippen LogP contribution >= 0.6 is 0 Å². The third-order valence-electron chi connectivity index (χ3n) is 3.92. The van der Waals surface area contributed by atoms with Crippen molar-refractivity contribution in [3.05, 3.63) is 35.6 Å². The third-order valence-corrected chi connectivity index (χ3v) is 3.92. The Morgan fingerprint density at radius 2 is 2.05 bits per heavy atom. The lowest BCUT2D eigenvalue weighted by Crippen LogP contribution is -2.32. The molecule has 3 nitrogen and oxygen atoms in total. The maximum Gasteiger partial charge on any atom is 0.134 e. The van der Waals surface area contributed by atoms with Gasteiger partial charge in [0.2, 0.25) is 0 Å². The Kier molecular flexibility index (Phi) is 5.07. The third kappa shape index (κ3) is 4.08. The van der Waals surface area contributed by atoms with Crippen LogP contribution in [-0.2, 0) is 4.74 Å². The summed E-state index contributed by atoms with van der Waals surface area (Å²) in [7, 11) is 1.76. The van der Waals surface area contributed by atoms with E-state index in [1.807, 2.05) is 6.07 Å². The number of fused-ring (bicyclic) bond motifs is 1. The zero-order valence-electron chi connectivity index (χ0n) is 13.8. The molecule has 116 valence electrons. The zero-order valence-corrected chi connectivity index (χ0v) is 13.8. The van der Waals surface area contributed by atoms with Gasteiger partial charge in [0.05, 0.1) is 11.6 Å². The molecule has 1 heterocycles. The predicted octanol–water partition coefficient (Wildman–Crippen LogP) is 4.60. The molecule has 21 heavy (non-hydrogen) atoms. The second kappa shape index (κ2) is 6.63. The molecule has 0 saturated carbocycles. The van der Waals surface area contributed by atoms with Crippen molar-refractivity contribution >= 4 is 11.0 Å². The topological polar surface area (TPSA) is 34.4 Å². The smallest absolute Gasteiger partial charge is 0.134 e. The summed E-state index contributed by atoms with van der Waals surface area (Å²) in [6.45, 7) is 9.47. The number of rotatable bonds is 7. The van der Waals surface area contributed by atoms with Crippen LogP contribution in [0, 0.1) is 6.92 Å². The second-order valence-corrected chi connectivity index (χ2v) is 6.36. The summed E-state index contributed by atoms with van der Waals surface area (Å²) in [5.74, 6) is 0.995. The first-order chi connectivity index (χ1) is 9.95. The molecule has 0 amide bonds. The van der Waals surface area contributed by atoms with E-state index < -0.39 is 0 Å². The molecule has 2 aromatic rings. The van der Waals surface area contributed by atoms with Crippen molar-refractivity contribution in [2.75, 3.05) is 13.7 Å². The first-order valence-corrected chi connectivity index (χ1v) is 7.74. The minimum Gasteiger partial charge on any atom is -0.459 e. The van der Waals surface area contributed by atoms with Crippen LogP contribution < -0.4 is 5.32 Å². The number of benzene rings is 1. The Bertz CT molecular complexity index is 586. The van der Waals surface area contributed by atoms with Crippen molar-refractivity contribution in [2.45, 2.75) is 52.2 Å². The molecule has 0 bridgehead atoms. The maximum atomic E-state index is 6.05. The van der Waals surface area contributed by atoms with Crippen LogP contribution in [0.15, 0.2) is 28.7 Å². The van der Waals surface area contributed by atoms with Gasteiger partial charge in [-0.25, -0.2) is 0 Å². The highest BCUT2D eigenvalue weighted by atomic mass is 16.5. The van der Waals surface area contributed by atoms with Gasteiger partial charge in [-0.2, -0.15) is 0 Å². The molecule has 3 heteroatoms. The van der Waals surface area contributed by atoms with Crippen molar-refractivity contribution in [1.29, 1.82) is 0 Å². The average molecular weight is 289 g/mol. The standard InChI is InChI=1S/C18H27NO2/c1-6-9-19-15(12-18(3,4)20-5)17-11-14-10-13(2)7-8-16(14)21-17/h7-8,10-11,15,19H,6,9,12H2,1-5H3. The number of methoxy groups -OCH3 is 1. The number of furan rings is 1. The molecular formula is C18H27NO2. The Morgan fingerprint density at radius 1 is 1.29 bits per heavy atom. The van der Waals surface area contributed by atoms with E-state index in [0.717, 1.165) is 30.7 Å². The molecular weight excluding hydrogens is 262 g/mol. The van der Waals surface area contributed by atoms with Crippen LogP contribution in [0.3, 0.4) is 0 Å². The van der Waals surface area contributed by atoms with Crippen LogP contribution in [0.25, 0.3) is 11.0 Å². The Hall–Kier alpha value is -1.32. The lowest BCUT2D eigenvalue weighted by atomic mass is 9.97. The van der Waals surface area contributed by atoms with Crippen LogP contribution in [0.5, 0.6) is 0 Å². The molecule has 1 N–H and O–H groups in total. The van der Waals surface area contributed by atoms with Crippen molar-refractivity contribution < 1.29 is 9.15 Å². The lowest BCUT2D eigenvalue weighted by Gasteiger charge is -2.28. The first-order valence-electron chi connectivity index (χ1n) is 7.74. The summed E-state index contributed by atoms with van der Waals surface area (Å²) in [6.07, 6.45) is 1.98. The van der Waals surface area contributed by atoms with Gasteiger partial charge in [-0.05, 0) is 58.4 Å². The Morgan fingerprint density at radius 3 is 2.71 bits per heavy atom. The fraction of sp³-hybridized carbons (Fsp3) is 0.556. The minimum absolute atomic E-state index is 0.174. The summed E-state index contributed by atoms with van der Waals surface area (Å²) in [5, 5.41) is 4.75. The molecule has 1 atom stereocenters. The summed E-state index contributed by atoms with van der Waals surface area (Å²) in [5.41, 5.74) is 2.03. The molecule has 0 aliphatic carbocycles. The van der Waals surface area contributed by atoms with Gasteiger partial charge in [0.1, 0.15) is 11.3 Å². The molecule has 1 aromatic carbocycles. The minimum atomic E-state index is -0.180. The van der Waals surface area contributed by atoms with Crippen LogP contribution in [0.2, 0.25) is 0 Å². The van der Waals surface area contributed by atoms with Crippen LogP contribution in [-0.4, -0.2) is 19.3 Å². The number of ether oxygens (including phenoxy) is 1. The fourth-order valence-corrected chi connectivity index (χ4v) is 2.52. The molecule has 1 unspecified atom stereocenters. The molecule has 2 rings (SSSR count). The normalized spacial score (nSPS) is 13.8. The van der Waals surface area contributed by atoms with E-state index in [-0.39, 0.29) is 11.6 Å². The zero-order chi connectivity index (χ0) is 15.5. The van der Waals surface area contributed by atoms with Crippen molar-refractivity contribution in [2.24, 2.45) is 0 Å². The molecule has 0 radical (unpaired) electrons. The SMILES string of the molecule is CCCNC(CC(C)(C)OC)c1cc2cc(C)ccc2o1. The van der Waals surface area contributed by atoms with Crippen LogP contribution in [0.4, 0.5) is 0 Å². The van der Waals surface area contributed by atoms with Gasteiger partial charge in [0.15, 0.2) is 0 Å². The number of hydrogen-bond acceptors (Lipinski definition) is 3. The van der Waals surface area contributed by atoms with Crippen molar-refractivity contribution in [3.63, 3.8) is 0 Å². The van der Waals surface area contributed by atoms with E-state index in [4.69, 9.17) is 9.15 Å².